The van der Waals surface area contributed by atoms with Crippen LogP contribution in [0.25, 0.3) is 0 Å². The molecule has 0 aromatic heterocycles. The molecule has 1 aliphatic rings. The first kappa shape index (κ1) is 10.9. The lowest BCUT2D eigenvalue weighted by atomic mass is 10.1. The van der Waals surface area contributed by atoms with Gasteiger partial charge in [0.2, 0.25) is 0 Å². The standard InChI is InChI=1S/C8H12O3S2/c1-5(9)6(7(10)11-2)8-12-3-4-13-8/h6,8H,3-4H2,1-2H3. The van der Waals surface area contributed by atoms with Gasteiger partial charge in [0, 0.05) is 11.5 Å². The van der Waals surface area contributed by atoms with Crippen LogP contribution in [0.1, 0.15) is 6.92 Å². The van der Waals surface area contributed by atoms with Gasteiger partial charge in [0.15, 0.2) is 0 Å². The Kier molecular flexibility index (Phi) is 4.12. The van der Waals surface area contributed by atoms with Crippen LogP contribution in [0.15, 0.2) is 0 Å². The van der Waals surface area contributed by atoms with E-state index in [2.05, 4.69) is 4.74 Å². The lowest BCUT2D eigenvalue weighted by Crippen LogP contribution is -2.30. The number of Topliss-reactive ketones (excluding diaryl/α,β-unsaturated/α-hetero) is 1. The fraction of sp³-hybridized carbons (Fsp3) is 0.750. The maximum absolute atomic E-state index is 11.3. The monoisotopic (exact) mass is 220 g/mol. The molecule has 13 heavy (non-hydrogen) atoms. The molecular weight excluding hydrogens is 208 g/mol. The molecular formula is C8H12O3S2. The molecule has 1 rings (SSSR count). The second kappa shape index (κ2) is 4.91. The van der Waals surface area contributed by atoms with E-state index in [0.29, 0.717) is 0 Å². The average molecular weight is 220 g/mol. The molecule has 5 heteroatoms. The summed E-state index contributed by atoms with van der Waals surface area (Å²) in [5.41, 5.74) is 0. The molecule has 0 aliphatic carbocycles. The van der Waals surface area contributed by atoms with Gasteiger partial charge in [0.1, 0.15) is 11.7 Å². The zero-order chi connectivity index (χ0) is 9.84. The Balaban J connectivity index is 2.66. The summed E-state index contributed by atoms with van der Waals surface area (Å²) in [6, 6.07) is 0. The molecule has 0 saturated carbocycles. The van der Waals surface area contributed by atoms with Crippen molar-refractivity contribution in [2.24, 2.45) is 5.92 Å². The van der Waals surface area contributed by atoms with Crippen molar-refractivity contribution in [2.45, 2.75) is 11.5 Å². The predicted molar refractivity (Wildman–Crippen MR) is 54.9 cm³/mol. The van der Waals surface area contributed by atoms with Gasteiger partial charge in [-0.05, 0) is 6.92 Å². The second-order valence-electron chi connectivity index (χ2n) is 2.72. The van der Waals surface area contributed by atoms with E-state index >= 15 is 0 Å². The Hall–Kier alpha value is -0.160. The van der Waals surface area contributed by atoms with Crippen molar-refractivity contribution in [3.8, 4) is 0 Å². The summed E-state index contributed by atoms with van der Waals surface area (Å²) in [5, 5.41) is 0. The third-order valence-electron chi connectivity index (χ3n) is 1.81. The van der Waals surface area contributed by atoms with Crippen molar-refractivity contribution in [3.63, 3.8) is 0 Å². The minimum atomic E-state index is -0.581. The van der Waals surface area contributed by atoms with Gasteiger partial charge in [-0.2, -0.15) is 0 Å². The van der Waals surface area contributed by atoms with E-state index in [1.165, 1.54) is 14.0 Å². The fourth-order valence-corrected chi connectivity index (χ4v) is 4.35. The van der Waals surface area contributed by atoms with E-state index in [4.69, 9.17) is 0 Å². The van der Waals surface area contributed by atoms with E-state index in [1.54, 1.807) is 23.5 Å². The highest BCUT2D eigenvalue weighted by Crippen LogP contribution is 2.38. The van der Waals surface area contributed by atoms with E-state index in [9.17, 15) is 9.59 Å². The van der Waals surface area contributed by atoms with Crippen molar-refractivity contribution in [3.05, 3.63) is 0 Å². The van der Waals surface area contributed by atoms with Gasteiger partial charge in [-0.3, -0.25) is 9.59 Å². The number of rotatable bonds is 3. The van der Waals surface area contributed by atoms with Crippen molar-refractivity contribution >= 4 is 35.3 Å². The van der Waals surface area contributed by atoms with Crippen LogP contribution in [0.5, 0.6) is 0 Å². The largest absolute Gasteiger partial charge is 0.468 e. The van der Waals surface area contributed by atoms with Gasteiger partial charge in [-0.15, -0.1) is 23.5 Å². The first-order chi connectivity index (χ1) is 6.16. The van der Waals surface area contributed by atoms with Crippen LogP contribution < -0.4 is 0 Å². The molecule has 1 aliphatic heterocycles. The summed E-state index contributed by atoms with van der Waals surface area (Å²) >= 11 is 3.33. The van der Waals surface area contributed by atoms with Crippen LogP contribution in [-0.2, 0) is 14.3 Å². The van der Waals surface area contributed by atoms with Crippen molar-refractivity contribution in [1.29, 1.82) is 0 Å². The lowest BCUT2D eigenvalue weighted by Gasteiger charge is -2.16. The summed E-state index contributed by atoms with van der Waals surface area (Å²) in [7, 11) is 1.32. The van der Waals surface area contributed by atoms with Crippen molar-refractivity contribution < 1.29 is 14.3 Å². The summed E-state index contributed by atoms with van der Waals surface area (Å²) in [6.45, 7) is 1.45. The molecule has 0 aromatic carbocycles. The summed E-state index contributed by atoms with van der Waals surface area (Å²) in [6.07, 6.45) is 0. The van der Waals surface area contributed by atoms with Gasteiger partial charge < -0.3 is 4.74 Å². The van der Waals surface area contributed by atoms with Crippen molar-refractivity contribution in [2.75, 3.05) is 18.6 Å². The maximum atomic E-state index is 11.3. The second-order valence-corrected chi connectivity index (χ2v) is 5.52. The summed E-state index contributed by atoms with van der Waals surface area (Å²) in [4.78, 5) is 22.5. The van der Waals surface area contributed by atoms with Crippen LogP contribution in [0.2, 0.25) is 0 Å². The maximum Gasteiger partial charge on any atom is 0.318 e. The summed E-state index contributed by atoms with van der Waals surface area (Å²) in [5.74, 6) is 0.937. The number of carbonyl (C=O) groups is 2. The molecule has 1 unspecified atom stereocenters. The molecule has 0 amide bonds. The molecule has 3 nitrogen and oxygen atoms in total. The van der Waals surface area contributed by atoms with E-state index < -0.39 is 11.9 Å². The number of thioether (sulfide) groups is 2. The molecule has 0 radical (unpaired) electrons. The van der Waals surface area contributed by atoms with Crippen molar-refractivity contribution in [1.82, 2.24) is 0 Å². The number of hydrogen-bond acceptors (Lipinski definition) is 5. The van der Waals surface area contributed by atoms with Gasteiger partial charge >= 0.3 is 5.97 Å². The SMILES string of the molecule is COC(=O)C(C(C)=O)C1SCCS1. The number of esters is 1. The normalized spacial score (nSPS) is 19.8. The Morgan fingerprint density at radius 3 is 2.31 bits per heavy atom. The van der Waals surface area contributed by atoms with Crippen LogP contribution in [-0.4, -0.2) is 35.0 Å². The minimum Gasteiger partial charge on any atom is -0.468 e. The number of ether oxygens (including phenoxy) is 1. The molecule has 0 aromatic rings. The average Bonchev–Trinajstić information content (AvgIpc) is 2.56. The molecule has 1 atom stereocenters. The predicted octanol–water partition coefficient (Wildman–Crippen LogP) is 1.17. The fourth-order valence-electron chi connectivity index (χ4n) is 1.16. The summed E-state index contributed by atoms with van der Waals surface area (Å²) < 4.78 is 4.66. The molecule has 74 valence electrons. The smallest absolute Gasteiger partial charge is 0.318 e. The topological polar surface area (TPSA) is 43.4 Å². The van der Waals surface area contributed by atoms with E-state index in [1.807, 2.05) is 0 Å². The number of ketones is 1. The van der Waals surface area contributed by atoms with Crippen LogP contribution in [0, 0.1) is 5.92 Å². The highest BCUT2D eigenvalue weighted by molar-refractivity contribution is 8.20. The molecule has 1 saturated heterocycles. The Labute approximate surface area is 86.0 Å². The zero-order valence-corrected chi connectivity index (χ0v) is 9.24. The Bertz CT molecular complexity index is 211. The van der Waals surface area contributed by atoms with E-state index in [-0.39, 0.29) is 10.4 Å². The Morgan fingerprint density at radius 2 is 1.92 bits per heavy atom. The third kappa shape index (κ3) is 2.64. The Morgan fingerprint density at radius 1 is 1.38 bits per heavy atom. The van der Waals surface area contributed by atoms with Crippen LogP contribution >= 0.6 is 23.5 Å². The first-order valence-electron chi connectivity index (χ1n) is 3.98. The van der Waals surface area contributed by atoms with Crippen LogP contribution in [0.3, 0.4) is 0 Å². The van der Waals surface area contributed by atoms with Crippen LogP contribution in [0.4, 0.5) is 0 Å². The van der Waals surface area contributed by atoms with E-state index in [0.717, 1.165) is 11.5 Å². The molecule has 0 bridgehead atoms. The number of hydrogen-bond donors (Lipinski definition) is 0. The lowest BCUT2D eigenvalue weighted by molar-refractivity contribution is -0.148. The van der Waals surface area contributed by atoms with Gasteiger partial charge in [0.25, 0.3) is 0 Å². The van der Waals surface area contributed by atoms with Gasteiger partial charge in [0.05, 0.1) is 11.7 Å². The number of methoxy groups -OCH3 is 1. The molecule has 1 heterocycles. The van der Waals surface area contributed by atoms with Gasteiger partial charge in [-0.1, -0.05) is 0 Å². The quantitative estimate of drug-likeness (QED) is 0.527. The molecule has 1 fully saturated rings. The number of carbonyl (C=O) groups excluding carboxylic acids is 2. The highest BCUT2D eigenvalue weighted by Gasteiger charge is 2.36. The molecule has 0 N–H and O–H groups in total. The molecule has 0 spiro atoms. The highest BCUT2D eigenvalue weighted by atomic mass is 32.2. The first-order valence-corrected chi connectivity index (χ1v) is 6.08. The minimum absolute atomic E-state index is 0.0601. The zero-order valence-electron chi connectivity index (χ0n) is 7.61. The third-order valence-corrected chi connectivity index (χ3v) is 4.97. The van der Waals surface area contributed by atoms with Gasteiger partial charge in [-0.25, -0.2) is 0 Å².